The van der Waals surface area contributed by atoms with Gasteiger partial charge in [-0.2, -0.15) is 0 Å². The number of amides is 9. The summed E-state index contributed by atoms with van der Waals surface area (Å²) in [6, 6.07) is 5.33. The predicted octanol–water partition coefficient (Wildman–Crippen LogP) is 6.51. The summed E-state index contributed by atoms with van der Waals surface area (Å²) in [5.74, 6) is -15.9. The number of nitrogens with one attached hydrogen (secondary N) is 8. The molecule has 4 rings (SSSR count). The molecule has 1 fully saturated rings. The van der Waals surface area contributed by atoms with E-state index < -0.39 is 157 Å². The van der Waals surface area contributed by atoms with E-state index in [1.165, 1.54) is 42.7 Å². The van der Waals surface area contributed by atoms with Gasteiger partial charge in [-0.25, -0.2) is 24.2 Å². The lowest BCUT2D eigenvalue weighted by molar-refractivity contribution is -0.160. The largest absolute Gasteiger partial charge is 0.508 e. The van der Waals surface area contributed by atoms with Gasteiger partial charge in [0.1, 0.15) is 36.7 Å². The number of likely N-dealkylation sites (N-methyl/N-ethyl adjacent to an activating group) is 1. The first-order valence-corrected chi connectivity index (χ1v) is 43.0. The number of benzene rings is 2. The van der Waals surface area contributed by atoms with Gasteiger partial charge >= 0.3 is 53.8 Å². The number of urea groups is 2. The van der Waals surface area contributed by atoms with Crippen molar-refractivity contribution in [2.75, 3.05) is 65.2 Å². The molecule has 9 amide bonds. The van der Waals surface area contributed by atoms with Crippen molar-refractivity contribution in [3.05, 3.63) is 81.3 Å². The molecule has 1 aromatic heterocycles. The van der Waals surface area contributed by atoms with Crippen LogP contribution in [0.4, 0.5) is 9.59 Å². The fourth-order valence-electron chi connectivity index (χ4n) is 13.0. The lowest BCUT2D eigenvalue weighted by atomic mass is 9.82. The number of ether oxygens (including phenoxy) is 3. The van der Waals surface area contributed by atoms with Crippen LogP contribution in [0.5, 0.6) is 5.75 Å². The molecule has 0 aliphatic carbocycles. The summed E-state index contributed by atoms with van der Waals surface area (Å²) in [5, 5.41) is 71.4. The maximum Gasteiger partial charge on any atom is 0.327 e. The number of aliphatic carboxylic acids is 4. The third-order valence-corrected chi connectivity index (χ3v) is 23.4. The number of piperidine rings is 1. The highest BCUT2D eigenvalue weighted by molar-refractivity contribution is 8.76. The van der Waals surface area contributed by atoms with E-state index >= 15 is 0 Å². The Hall–Kier alpha value is -9.95. The third-order valence-electron chi connectivity index (χ3n) is 19.9. The molecule has 2 heterocycles. The van der Waals surface area contributed by atoms with E-state index in [1.54, 1.807) is 41.5 Å². The lowest BCUT2D eigenvalue weighted by Gasteiger charge is -2.39. The number of thiazole rings is 1. The molecule has 2 aromatic carbocycles. The number of Topliss-reactive ketones (excluding diaryl/α,β-unsaturated/α-hetero) is 2. The Labute approximate surface area is 699 Å². The van der Waals surface area contributed by atoms with Crippen molar-refractivity contribution in [1.82, 2.24) is 57.3 Å². The second kappa shape index (κ2) is 53.5. The zero-order valence-corrected chi connectivity index (χ0v) is 70.9. The Bertz CT molecular complexity index is 3830. The van der Waals surface area contributed by atoms with Crippen LogP contribution in [0.3, 0.4) is 0 Å². The summed E-state index contributed by atoms with van der Waals surface area (Å²) in [7, 11) is 5.16. The molecule has 118 heavy (non-hydrogen) atoms. The number of phenolic OH excluding ortho intramolecular Hbond substituents is 1. The van der Waals surface area contributed by atoms with Gasteiger partial charge in [-0.3, -0.25) is 62.4 Å². The number of carboxylic acid groups (broad SMARTS) is 4. The van der Waals surface area contributed by atoms with Crippen LogP contribution < -0.4 is 42.5 Å². The number of carbonyl (C=O) groups excluding carboxylic acids is 12. The van der Waals surface area contributed by atoms with E-state index in [4.69, 9.17) is 14.5 Å². The van der Waals surface area contributed by atoms with Crippen molar-refractivity contribution in [2.24, 2.45) is 29.6 Å². The molecule has 0 saturated carbocycles. The van der Waals surface area contributed by atoms with Crippen LogP contribution in [0, 0.1) is 29.6 Å². The molecule has 654 valence electrons. The van der Waals surface area contributed by atoms with Gasteiger partial charge in [-0.05, 0) is 118 Å². The number of methoxy groups -OCH3 is 1. The van der Waals surface area contributed by atoms with Gasteiger partial charge in [0.2, 0.25) is 23.6 Å². The second-order valence-electron chi connectivity index (χ2n) is 29.8. The van der Waals surface area contributed by atoms with Crippen LogP contribution in [0.2, 0.25) is 0 Å². The number of esters is 3. The van der Waals surface area contributed by atoms with Crippen molar-refractivity contribution < 1.29 is 116 Å². The molecule has 1 unspecified atom stereocenters. The van der Waals surface area contributed by atoms with E-state index in [9.17, 15) is 102 Å². The number of hydrogen-bond donors (Lipinski definition) is 13. The highest BCUT2D eigenvalue weighted by atomic mass is 33.1. The van der Waals surface area contributed by atoms with E-state index in [0.29, 0.717) is 54.7 Å². The van der Waals surface area contributed by atoms with Crippen molar-refractivity contribution in [3.8, 4) is 5.75 Å². The fraction of sp³-hybridized carbons (Fsp3) is 0.613. The Kier molecular flexibility index (Phi) is 45.5. The minimum absolute atomic E-state index is 0.0167. The Morgan fingerprint density at radius 2 is 1.32 bits per heavy atom. The highest BCUT2D eigenvalue weighted by Gasteiger charge is 2.40. The van der Waals surface area contributed by atoms with Gasteiger partial charge in [0.15, 0.2) is 18.3 Å². The van der Waals surface area contributed by atoms with Crippen molar-refractivity contribution >= 4 is 128 Å². The maximum atomic E-state index is 15.0. The number of phenols is 1. The van der Waals surface area contributed by atoms with Crippen LogP contribution in [-0.4, -0.2) is 237 Å². The zero-order chi connectivity index (χ0) is 87.6. The van der Waals surface area contributed by atoms with Gasteiger partial charge in [0.05, 0.1) is 49.4 Å². The Morgan fingerprint density at radius 1 is 0.661 bits per heavy atom. The van der Waals surface area contributed by atoms with E-state index in [-0.39, 0.29) is 136 Å². The predicted molar refractivity (Wildman–Crippen MR) is 438 cm³/mol. The molecule has 1 aliphatic heterocycles. The number of likely N-dealkylation sites (tertiary alicyclic amines) is 1. The monoisotopic (exact) mass is 1710 g/mol. The van der Waals surface area contributed by atoms with Crippen LogP contribution in [0.1, 0.15) is 196 Å². The average Bonchev–Trinajstić information content (AvgIpc) is 1.31. The molecule has 13 N–H and O–H groups in total. The van der Waals surface area contributed by atoms with Crippen LogP contribution in [0.15, 0.2) is 53.9 Å². The van der Waals surface area contributed by atoms with Crippen molar-refractivity contribution in [3.63, 3.8) is 0 Å². The molecule has 1 aliphatic rings. The third kappa shape index (κ3) is 37.8. The molecular formula is C80H117N11O24S3. The number of carbonyl (C=O) groups is 16. The molecule has 0 radical (unpaired) electrons. The minimum Gasteiger partial charge on any atom is -0.508 e. The molecule has 0 bridgehead atoms. The number of ketones is 2. The standard InChI is InChI=1S/C80H117N11O24S3/c1-10-17-70(101)115-46-91(76(106)57(48(5)11-2)40-65(94)62-19-13-15-31-90(62)8)63(47(3)4)35-50(7)75-88-60(44-116-75)74(105)85-55(36-51-25-27-56(92)28-26-51)34-49(6)72(103)83-43-71(102)114-32-33-117-118-45-61(78(109)110)87-73(104)54(39-67(96)97)38-64(93)59(41-68(98)99)86-66(95)37-52-21-23-53(24-22-52)42-84-79(111)81-29-14-12-18-58(77(107)108)89-80(112)82-30-16-20-69(100)113-9/h21-28,44,47-50,54-55,57-59,61-63,92H,10-20,29-43,45-46H2,1-9H3,(H,83,103)(H,85,105)(H,86,95)(H,87,104)(H,96,97)(H,98,99)(H,107,108)(H,109,110)(H2,81,84,111)(H2,82,89,112)/t48?,49-,50+,54-,55+,57-,58-,59-,61-,62+,63+/m0/s1. The van der Waals surface area contributed by atoms with Gasteiger partial charge in [-0.15, -0.1) is 11.3 Å². The van der Waals surface area contributed by atoms with E-state index in [0.717, 1.165) is 53.0 Å². The van der Waals surface area contributed by atoms with E-state index in [2.05, 4.69) is 52.2 Å². The Balaban J connectivity index is 1.25. The number of aromatic hydroxyl groups is 1. The molecule has 11 atom stereocenters. The summed E-state index contributed by atoms with van der Waals surface area (Å²) < 4.78 is 15.6. The number of hydrogen-bond acceptors (Lipinski definition) is 25. The lowest BCUT2D eigenvalue weighted by Crippen LogP contribution is -2.50. The zero-order valence-electron chi connectivity index (χ0n) is 68.5. The number of aromatic nitrogens is 1. The highest BCUT2D eigenvalue weighted by Crippen LogP contribution is 2.33. The molecule has 38 heteroatoms. The normalized spacial score (nSPS) is 15.2. The summed E-state index contributed by atoms with van der Waals surface area (Å²) in [6.07, 6.45) is 2.71. The maximum absolute atomic E-state index is 15.0. The fourth-order valence-corrected chi connectivity index (χ4v) is 15.8. The summed E-state index contributed by atoms with van der Waals surface area (Å²) in [4.78, 5) is 215. The SMILES string of the molecule is CCCC(=O)OCN(C(=O)[C@@H](CC(=O)[C@H]1CCCCN1C)C(C)CC)[C@H](C[C@@H](C)c1nc(C(=O)N[C@@H](Cc2ccc(O)cc2)C[C@H](C)C(=O)NCC(=O)OCCSSC[C@H](NC(=O)[C@H](CC(=O)O)CC(=O)[C@H](CC(=O)O)NC(=O)Cc2ccc(CNC(=O)NCCCC[C@H](NC(=O)NCCCC(=O)OC)C(=O)O)cc2)C(=O)O)cs1)C(C)C. The number of unbranched alkanes of at least 4 members (excludes halogenated alkanes) is 1. The van der Waals surface area contributed by atoms with Gasteiger partial charge in [0, 0.05) is 92.0 Å². The second-order valence-corrected chi connectivity index (χ2v) is 33.3. The molecular weight excluding hydrogens is 1600 g/mol. The molecule has 3 aromatic rings. The molecule has 35 nitrogen and oxygen atoms in total. The molecule has 0 spiro atoms. The van der Waals surface area contributed by atoms with E-state index in [1.807, 2.05) is 48.6 Å². The first-order valence-electron chi connectivity index (χ1n) is 39.7. The number of nitrogens with zero attached hydrogens (tertiary/aromatic N) is 3. The van der Waals surface area contributed by atoms with Gasteiger partial charge in [-0.1, -0.05) is 119 Å². The number of carboxylic acids is 4. The van der Waals surface area contributed by atoms with Crippen LogP contribution in [-0.2, 0) is 95.9 Å². The average molecular weight is 1710 g/mol. The summed E-state index contributed by atoms with van der Waals surface area (Å²) >= 11 is 1.26. The van der Waals surface area contributed by atoms with Crippen molar-refractivity contribution in [2.45, 2.75) is 219 Å². The van der Waals surface area contributed by atoms with Crippen molar-refractivity contribution in [1.29, 1.82) is 0 Å². The van der Waals surface area contributed by atoms with Gasteiger partial charge < -0.3 is 87.2 Å². The first kappa shape index (κ1) is 100. The van der Waals surface area contributed by atoms with Crippen LogP contribution >= 0.6 is 32.9 Å². The first-order chi connectivity index (χ1) is 56.0. The topological polar surface area (TPSA) is 518 Å². The molecule has 1 saturated heterocycles. The number of rotatable bonds is 56. The van der Waals surface area contributed by atoms with Crippen LogP contribution in [0.25, 0.3) is 0 Å². The minimum atomic E-state index is -1.74. The van der Waals surface area contributed by atoms with Gasteiger partial charge in [0.25, 0.3) is 5.91 Å². The summed E-state index contributed by atoms with van der Waals surface area (Å²) in [5.41, 5.74) is 1.84. The quantitative estimate of drug-likeness (QED) is 0.00941. The summed E-state index contributed by atoms with van der Waals surface area (Å²) in [6.45, 7) is 13.4. The smallest absolute Gasteiger partial charge is 0.327 e. The Morgan fingerprint density at radius 3 is 1.96 bits per heavy atom.